The molecule has 1 unspecified atom stereocenters. The van der Waals surface area contributed by atoms with Crippen LogP contribution in [0.1, 0.15) is 6.92 Å². The molecule has 0 aromatic heterocycles. The third-order valence-electron chi connectivity index (χ3n) is 1.02. The van der Waals surface area contributed by atoms with E-state index in [4.69, 9.17) is 5.11 Å². The molecule has 0 saturated carbocycles. The van der Waals surface area contributed by atoms with Gasteiger partial charge in [-0.25, -0.2) is 0 Å². The largest absolute Gasteiger partial charge is 0.461 e. The number of carbonyl (C=O) groups excluding carboxylic acids is 1. The van der Waals surface area contributed by atoms with Crippen molar-refractivity contribution in [2.45, 2.75) is 6.92 Å². The lowest BCUT2D eigenvalue weighted by Crippen LogP contribution is -2.17. The maximum Gasteiger partial charge on any atom is 0.311 e. The van der Waals surface area contributed by atoms with E-state index in [-0.39, 0.29) is 19.2 Å². The average molecular weight is 144 g/mol. The van der Waals surface area contributed by atoms with Crippen LogP contribution >= 0.6 is 0 Å². The minimum atomic E-state index is -0.431. The van der Waals surface area contributed by atoms with Gasteiger partial charge in [-0.3, -0.25) is 4.79 Å². The summed E-state index contributed by atoms with van der Waals surface area (Å²) in [6.07, 6.45) is 1.49. The monoisotopic (exact) mass is 144 g/mol. The Bertz CT molecular complexity index is 120. The Morgan fingerprint density at radius 3 is 2.90 bits per heavy atom. The first-order valence-electron chi connectivity index (χ1n) is 3.10. The summed E-state index contributed by atoms with van der Waals surface area (Å²) in [6.45, 7) is 5.02. The molecule has 0 radical (unpaired) electrons. The van der Waals surface area contributed by atoms with Crippen LogP contribution in [0.15, 0.2) is 12.7 Å². The molecule has 0 fully saturated rings. The molecule has 0 bridgehead atoms. The molecule has 0 rings (SSSR count). The van der Waals surface area contributed by atoms with Crippen LogP contribution in [0.3, 0.4) is 0 Å². The molecular weight excluding hydrogens is 132 g/mol. The Balaban J connectivity index is 3.51. The number of esters is 1. The number of ether oxygens (including phenoxy) is 1. The predicted octanol–water partition coefficient (Wildman–Crippen LogP) is 0.344. The highest BCUT2D eigenvalue weighted by Crippen LogP contribution is 1.95. The lowest BCUT2D eigenvalue weighted by atomic mass is 10.2. The van der Waals surface area contributed by atoms with Gasteiger partial charge in [0.05, 0.1) is 12.5 Å². The third kappa shape index (κ3) is 3.25. The molecule has 0 aliphatic rings. The first-order chi connectivity index (χ1) is 4.72. The van der Waals surface area contributed by atoms with E-state index in [1.165, 1.54) is 6.08 Å². The summed E-state index contributed by atoms with van der Waals surface area (Å²) in [5.74, 6) is -0.817. The van der Waals surface area contributed by atoms with Crippen molar-refractivity contribution in [2.24, 2.45) is 5.92 Å². The second-order valence-corrected chi connectivity index (χ2v) is 2.00. The van der Waals surface area contributed by atoms with E-state index in [9.17, 15) is 4.79 Å². The number of rotatable bonds is 4. The van der Waals surface area contributed by atoms with Crippen molar-refractivity contribution in [2.75, 3.05) is 13.2 Å². The Morgan fingerprint density at radius 2 is 2.50 bits per heavy atom. The van der Waals surface area contributed by atoms with E-state index < -0.39 is 5.92 Å². The van der Waals surface area contributed by atoms with Crippen LogP contribution in [-0.4, -0.2) is 24.3 Å². The highest BCUT2D eigenvalue weighted by atomic mass is 16.5. The van der Waals surface area contributed by atoms with E-state index in [1.54, 1.807) is 6.92 Å². The fourth-order valence-electron chi connectivity index (χ4n) is 0.358. The second kappa shape index (κ2) is 4.99. The van der Waals surface area contributed by atoms with Crippen molar-refractivity contribution in [3.8, 4) is 0 Å². The van der Waals surface area contributed by atoms with Crippen LogP contribution in [0.25, 0.3) is 0 Å². The molecule has 3 heteroatoms. The molecule has 0 aromatic carbocycles. The maximum atomic E-state index is 10.7. The van der Waals surface area contributed by atoms with Crippen LogP contribution in [-0.2, 0) is 9.53 Å². The molecule has 0 heterocycles. The Morgan fingerprint density at radius 1 is 1.90 bits per heavy atom. The number of aliphatic hydroxyl groups is 1. The summed E-state index contributed by atoms with van der Waals surface area (Å²) in [5.41, 5.74) is 0. The molecule has 0 aromatic rings. The summed E-state index contributed by atoms with van der Waals surface area (Å²) in [7, 11) is 0. The van der Waals surface area contributed by atoms with E-state index in [0.717, 1.165) is 0 Å². The lowest BCUT2D eigenvalue weighted by Gasteiger charge is -2.05. The van der Waals surface area contributed by atoms with Crippen molar-refractivity contribution < 1.29 is 14.6 Å². The van der Waals surface area contributed by atoms with Gasteiger partial charge in [-0.2, -0.15) is 0 Å². The molecule has 3 nitrogen and oxygen atoms in total. The number of aliphatic hydroxyl groups excluding tert-OH is 1. The van der Waals surface area contributed by atoms with Crippen LogP contribution in [0.2, 0.25) is 0 Å². The number of carbonyl (C=O) groups is 1. The molecule has 1 atom stereocenters. The van der Waals surface area contributed by atoms with Gasteiger partial charge in [0.25, 0.3) is 0 Å². The van der Waals surface area contributed by atoms with Gasteiger partial charge >= 0.3 is 5.97 Å². The van der Waals surface area contributed by atoms with Gasteiger partial charge in [0.2, 0.25) is 0 Å². The van der Waals surface area contributed by atoms with Crippen molar-refractivity contribution >= 4 is 5.97 Å². The molecule has 0 amide bonds. The normalized spacial score (nSPS) is 12.2. The molecule has 0 aliphatic carbocycles. The van der Waals surface area contributed by atoms with E-state index in [1.807, 2.05) is 0 Å². The molecule has 1 N–H and O–H groups in total. The Hall–Kier alpha value is -0.830. The fraction of sp³-hybridized carbons (Fsp3) is 0.571. The highest BCUT2D eigenvalue weighted by molar-refractivity contribution is 5.72. The van der Waals surface area contributed by atoms with Crippen LogP contribution in [0.5, 0.6) is 0 Å². The van der Waals surface area contributed by atoms with Gasteiger partial charge in [-0.05, 0) is 6.92 Å². The highest BCUT2D eigenvalue weighted by Gasteiger charge is 2.11. The van der Waals surface area contributed by atoms with Crippen molar-refractivity contribution in [1.29, 1.82) is 0 Å². The SMILES string of the molecule is C=CCOC(=O)C(C)CO. The fourth-order valence-corrected chi connectivity index (χ4v) is 0.358. The van der Waals surface area contributed by atoms with Gasteiger partial charge in [0.15, 0.2) is 0 Å². The Kier molecular flexibility index (Phi) is 4.58. The van der Waals surface area contributed by atoms with Gasteiger partial charge in [0.1, 0.15) is 6.61 Å². The molecule has 58 valence electrons. The minimum Gasteiger partial charge on any atom is -0.461 e. The summed E-state index contributed by atoms with van der Waals surface area (Å²) >= 11 is 0. The zero-order valence-corrected chi connectivity index (χ0v) is 6.04. The first kappa shape index (κ1) is 9.17. The van der Waals surface area contributed by atoms with Crippen molar-refractivity contribution in [3.05, 3.63) is 12.7 Å². The zero-order valence-electron chi connectivity index (χ0n) is 6.04. The van der Waals surface area contributed by atoms with Gasteiger partial charge in [-0.15, -0.1) is 0 Å². The summed E-state index contributed by atoms with van der Waals surface area (Å²) in [5, 5.41) is 8.48. The van der Waals surface area contributed by atoms with E-state index in [2.05, 4.69) is 11.3 Å². The standard InChI is InChI=1S/C7H12O3/c1-3-4-10-7(9)6(2)5-8/h3,6,8H,1,4-5H2,2H3. The molecule has 0 aliphatic heterocycles. The molecular formula is C7H12O3. The van der Waals surface area contributed by atoms with Gasteiger partial charge < -0.3 is 9.84 Å². The predicted molar refractivity (Wildman–Crippen MR) is 37.4 cm³/mol. The molecule has 10 heavy (non-hydrogen) atoms. The quantitative estimate of drug-likeness (QED) is 0.457. The maximum absolute atomic E-state index is 10.7. The van der Waals surface area contributed by atoms with Crippen LogP contribution in [0.4, 0.5) is 0 Å². The summed E-state index contributed by atoms with van der Waals surface area (Å²) in [4.78, 5) is 10.7. The second-order valence-electron chi connectivity index (χ2n) is 2.00. The van der Waals surface area contributed by atoms with Crippen molar-refractivity contribution in [3.63, 3.8) is 0 Å². The average Bonchev–Trinajstić information content (AvgIpc) is 1.98. The van der Waals surface area contributed by atoms with Gasteiger partial charge in [0, 0.05) is 0 Å². The van der Waals surface area contributed by atoms with Crippen LogP contribution < -0.4 is 0 Å². The molecule has 0 spiro atoms. The summed E-state index contributed by atoms with van der Waals surface area (Å²) in [6, 6.07) is 0. The third-order valence-corrected chi connectivity index (χ3v) is 1.02. The lowest BCUT2D eigenvalue weighted by molar-refractivity contribution is -0.147. The van der Waals surface area contributed by atoms with E-state index in [0.29, 0.717) is 0 Å². The molecule has 0 saturated heterocycles. The number of hydrogen-bond donors (Lipinski definition) is 1. The Labute approximate surface area is 60.3 Å². The smallest absolute Gasteiger partial charge is 0.311 e. The van der Waals surface area contributed by atoms with Crippen LogP contribution in [0, 0.1) is 5.92 Å². The first-order valence-corrected chi connectivity index (χ1v) is 3.10. The number of hydrogen-bond acceptors (Lipinski definition) is 3. The zero-order chi connectivity index (χ0) is 7.98. The van der Waals surface area contributed by atoms with E-state index >= 15 is 0 Å². The van der Waals surface area contributed by atoms with Crippen molar-refractivity contribution in [1.82, 2.24) is 0 Å². The topological polar surface area (TPSA) is 46.5 Å². The van der Waals surface area contributed by atoms with Gasteiger partial charge in [-0.1, -0.05) is 12.7 Å². The summed E-state index contributed by atoms with van der Waals surface area (Å²) < 4.78 is 4.63. The minimum absolute atomic E-state index is 0.171.